The van der Waals surface area contributed by atoms with Crippen LogP contribution in [0.2, 0.25) is 0 Å². The van der Waals surface area contributed by atoms with Gasteiger partial charge in [-0.25, -0.2) is 4.79 Å². The Morgan fingerprint density at radius 1 is 0.919 bits per heavy atom. The number of nitrogens with zero attached hydrogens (tertiary/aromatic N) is 1. The van der Waals surface area contributed by atoms with Gasteiger partial charge in [-0.05, 0) is 74.6 Å². The summed E-state index contributed by atoms with van der Waals surface area (Å²) >= 11 is 0. The molecule has 8 heteroatoms. The lowest BCUT2D eigenvalue weighted by Crippen LogP contribution is -2.49. The fourth-order valence-electron chi connectivity index (χ4n) is 4.64. The van der Waals surface area contributed by atoms with Crippen molar-refractivity contribution in [2.75, 3.05) is 13.1 Å². The summed E-state index contributed by atoms with van der Waals surface area (Å²) in [7, 11) is 0. The van der Waals surface area contributed by atoms with Crippen molar-refractivity contribution in [2.45, 2.75) is 76.3 Å². The third-order valence-electron chi connectivity index (χ3n) is 6.77. The van der Waals surface area contributed by atoms with Gasteiger partial charge >= 0.3 is 5.97 Å². The summed E-state index contributed by atoms with van der Waals surface area (Å²) in [4.78, 5) is 44.1. The Labute approximate surface area is 219 Å². The Balaban J connectivity index is 1.37. The first-order valence-corrected chi connectivity index (χ1v) is 13.4. The molecule has 2 amide bonds. The van der Waals surface area contributed by atoms with Crippen molar-refractivity contribution in [2.24, 2.45) is 11.5 Å². The highest BCUT2D eigenvalue weighted by Gasteiger charge is 2.37. The van der Waals surface area contributed by atoms with E-state index in [4.69, 9.17) is 16.3 Å². The molecule has 2 aromatic rings. The van der Waals surface area contributed by atoms with Crippen LogP contribution >= 0.6 is 0 Å². The number of nitrogens with two attached hydrogens (primary N) is 2. The largest absolute Gasteiger partial charge is 0.354 e. The average Bonchev–Trinajstić information content (AvgIpc) is 3.41. The van der Waals surface area contributed by atoms with Crippen molar-refractivity contribution >= 4 is 17.8 Å². The highest BCUT2D eigenvalue weighted by molar-refractivity contribution is 5.88. The maximum Gasteiger partial charge on any atom is 0.354 e. The molecule has 8 nitrogen and oxygen atoms in total. The summed E-state index contributed by atoms with van der Waals surface area (Å²) < 4.78 is 0. The van der Waals surface area contributed by atoms with E-state index in [-0.39, 0.29) is 12.3 Å². The number of carbonyl (C=O) groups excluding carboxylic acids is 3. The molecule has 1 aliphatic rings. The quantitative estimate of drug-likeness (QED) is 0.282. The first-order valence-electron chi connectivity index (χ1n) is 13.4. The maximum absolute atomic E-state index is 12.7. The Morgan fingerprint density at radius 3 is 2.24 bits per heavy atom. The van der Waals surface area contributed by atoms with Crippen LogP contribution in [0.15, 0.2) is 54.6 Å². The summed E-state index contributed by atoms with van der Waals surface area (Å²) in [6.45, 7) is 1.01. The number of amides is 2. The minimum Gasteiger partial charge on any atom is -0.338 e. The lowest BCUT2D eigenvalue weighted by Gasteiger charge is -2.25. The minimum atomic E-state index is -0.727. The first kappa shape index (κ1) is 28.3. The van der Waals surface area contributed by atoms with Crippen LogP contribution in [0.3, 0.4) is 0 Å². The molecule has 1 aliphatic heterocycles. The van der Waals surface area contributed by atoms with Crippen molar-refractivity contribution in [3.05, 3.63) is 71.3 Å². The summed E-state index contributed by atoms with van der Waals surface area (Å²) in [6, 6.07) is 17.0. The monoisotopic (exact) mass is 508 g/mol. The van der Waals surface area contributed by atoms with Gasteiger partial charge in [0.05, 0.1) is 12.5 Å². The summed E-state index contributed by atoms with van der Waals surface area (Å²) in [5, 5.41) is 0. The van der Waals surface area contributed by atoms with Crippen LogP contribution in [0.4, 0.5) is 0 Å². The molecule has 0 aliphatic carbocycles. The van der Waals surface area contributed by atoms with E-state index in [1.54, 1.807) is 0 Å². The zero-order chi connectivity index (χ0) is 26.5. The minimum absolute atomic E-state index is 0.0981. The van der Waals surface area contributed by atoms with Gasteiger partial charge in [0.2, 0.25) is 5.91 Å². The van der Waals surface area contributed by atoms with Crippen molar-refractivity contribution in [1.82, 2.24) is 10.4 Å². The van der Waals surface area contributed by atoms with Crippen LogP contribution in [-0.4, -0.2) is 47.9 Å². The van der Waals surface area contributed by atoms with E-state index in [9.17, 15) is 14.4 Å². The number of rotatable bonds is 13. The third-order valence-corrected chi connectivity index (χ3v) is 6.77. The Kier molecular flexibility index (Phi) is 11.6. The number of hydrogen-bond donors (Lipinski definition) is 3. The lowest BCUT2D eigenvalue weighted by molar-refractivity contribution is -0.164. The number of benzene rings is 2. The molecule has 0 saturated carbocycles. The smallest absolute Gasteiger partial charge is 0.338 e. The van der Waals surface area contributed by atoms with Crippen LogP contribution in [0.1, 0.15) is 61.6 Å². The molecule has 0 radical (unpaired) electrons. The van der Waals surface area contributed by atoms with Gasteiger partial charge in [-0.1, -0.05) is 61.0 Å². The van der Waals surface area contributed by atoms with Crippen molar-refractivity contribution in [3.63, 3.8) is 0 Å². The molecular weight excluding hydrogens is 468 g/mol. The predicted molar refractivity (Wildman–Crippen MR) is 143 cm³/mol. The van der Waals surface area contributed by atoms with Gasteiger partial charge in [0.1, 0.15) is 6.04 Å². The van der Waals surface area contributed by atoms with E-state index < -0.39 is 24.0 Å². The fourth-order valence-corrected chi connectivity index (χ4v) is 4.64. The number of carbonyl (C=O) groups is 3. The fraction of sp³-hybridized carbons (Fsp3) is 0.483. The van der Waals surface area contributed by atoms with Crippen LogP contribution in [-0.2, 0) is 38.5 Å². The van der Waals surface area contributed by atoms with Gasteiger partial charge < -0.3 is 21.2 Å². The van der Waals surface area contributed by atoms with Crippen LogP contribution in [0.5, 0.6) is 0 Å². The van der Waals surface area contributed by atoms with Gasteiger partial charge in [-0.15, -0.1) is 0 Å². The second-order valence-electron chi connectivity index (χ2n) is 9.71. The molecule has 200 valence electrons. The molecule has 0 aromatic heterocycles. The first-order chi connectivity index (χ1) is 18.0. The zero-order valence-electron chi connectivity index (χ0n) is 21.6. The van der Waals surface area contributed by atoms with Crippen molar-refractivity contribution < 1.29 is 19.2 Å². The maximum atomic E-state index is 12.7. The Morgan fingerprint density at radius 2 is 1.57 bits per heavy atom. The normalized spacial score (nSPS) is 15.8. The number of nitrogens with one attached hydrogen (secondary N) is 1. The number of unbranched alkanes of at least 4 members (excludes halogenated alkanes) is 2. The van der Waals surface area contributed by atoms with Crippen LogP contribution < -0.4 is 16.9 Å². The Hall–Kier alpha value is -3.23. The van der Waals surface area contributed by atoms with Crippen LogP contribution in [0.25, 0.3) is 0 Å². The molecule has 5 N–H and O–H groups in total. The number of aryl methyl sites for hydroxylation is 2. The molecule has 0 bridgehead atoms. The molecule has 2 aromatic carbocycles. The summed E-state index contributed by atoms with van der Waals surface area (Å²) in [5.74, 6) is -1.32. The SMILES string of the molecule is NCCCC[C@H](N)C(=O)N1CCC[C@H]1C(=O)ONC(=O)Cc1ccc(CCCCc2ccccc2)cc1. The lowest BCUT2D eigenvalue weighted by atomic mass is 10.0. The topological polar surface area (TPSA) is 128 Å². The Bertz CT molecular complexity index is 997. The number of hydrogen-bond acceptors (Lipinski definition) is 6. The summed E-state index contributed by atoms with van der Waals surface area (Å²) in [6.07, 6.45) is 7.66. The highest BCUT2D eigenvalue weighted by atomic mass is 16.7. The van der Waals surface area contributed by atoms with Gasteiger partial charge in [0.15, 0.2) is 0 Å². The molecule has 1 heterocycles. The summed E-state index contributed by atoms with van der Waals surface area (Å²) in [5.41, 5.74) is 17.2. The molecule has 37 heavy (non-hydrogen) atoms. The van der Waals surface area contributed by atoms with E-state index in [1.165, 1.54) is 16.0 Å². The second kappa shape index (κ2) is 15.1. The van der Waals surface area contributed by atoms with Crippen LogP contribution in [0, 0.1) is 0 Å². The van der Waals surface area contributed by atoms with Gasteiger partial charge in [-0.3, -0.25) is 9.59 Å². The van der Waals surface area contributed by atoms with E-state index in [1.807, 2.05) is 30.3 Å². The van der Waals surface area contributed by atoms with Crippen molar-refractivity contribution in [1.29, 1.82) is 0 Å². The van der Waals surface area contributed by atoms with E-state index in [0.29, 0.717) is 32.4 Å². The zero-order valence-corrected chi connectivity index (χ0v) is 21.6. The predicted octanol–water partition coefficient (Wildman–Crippen LogP) is 2.82. The van der Waals surface area contributed by atoms with E-state index >= 15 is 0 Å². The average molecular weight is 509 g/mol. The van der Waals surface area contributed by atoms with Gasteiger partial charge in [0, 0.05) is 6.54 Å². The second-order valence-corrected chi connectivity index (χ2v) is 9.71. The number of likely N-dealkylation sites (tertiary alicyclic amines) is 1. The molecule has 0 spiro atoms. The van der Waals surface area contributed by atoms with E-state index in [0.717, 1.165) is 44.1 Å². The van der Waals surface area contributed by atoms with Crippen molar-refractivity contribution in [3.8, 4) is 0 Å². The molecule has 0 unspecified atom stereocenters. The molecular formula is C29H40N4O4. The highest BCUT2D eigenvalue weighted by Crippen LogP contribution is 2.20. The molecule has 3 rings (SSSR count). The molecule has 1 saturated heterocycles. The molecule has 2 atom stereocenters. The van der Waals surface area contributed by atoms with E-state index in [2.05, 4.69) is 29.7 Å². The standard InChI is InChI=1S/C29H40N4O4/c30-19-7-6-13-25(31)28(35)33-20-8-14-26(33)29(36)37-32-27(34)21-24-17-15-23(16-18-24)12-5-4-11-22-9-2-1-3-10-22/h1-3,9-10,15-18,25-26H,4-8,11-14,19-21,30-31H2,(H,32,34)/t25-,26-/m0/s1. The number of hydroxylamine groups is 1. The van der Waals surface area contributed by atoms with Gasteiger partial charge in [0.25, 0.3) is 5.91 Å². The van der Waals surface area contributed by atoms with Gasteiger partial charge in [-0.2, -0.15) is 5.48 Å². The third kappa shape index (κ3) is 9.30. The molecule has 1 fully saturated rings.